The highest BCUT2D eigenvalue weighted by molar-refractivity contribution is 5.81. The summed E-state index contributed by atoms with van der Waals surface area (Å²) >= 11 is 0. The topological polar surface area (TPSA) is 77.5 Å². The molecular weight excluding hydrogens is 192 g/mol. The number of hydrogen-bond donors (Lipinski definition) is 1. The first-order valence-corrected chi connectivity index (χ1v) is 4.12. The Morgan fingerprint density at radius 3 is 3.07 bits per heavy atom. The van der Waals surface area contributed by atoms with Gasteiger partial charge in [0.25, 0.3) is 0 Å². The van der Waals surface area contributed by atoms with Crippen LogP contribution >= 0.6 is 0 Å². The summed E-state index contributed by atoms with van der Waals surface area (Å²) in [6, 6.07) is 0. The number of carbonyl (C=O) groups is 1. The van der Waals surface area contributed by atoms with E-state index in [1.165, 1.54) is 6.26 Å². The Hall–Kier alpha value is -1.11. The summed E-state index contributed by atoms with van der Waals surface area (Å²) in [6.45, 7) is 0.415. The van der Waals surface area contributed by atoms with Crippen LogP contribution in [0, 0.1) is 0 Å². The molecule has 0 aliphatic carbocycles. The molecule has 1 atom stereocenters. The maximum atomic E-state index is 10.7. The molecule has 0 radical (unpaired) electrons. The number of esters is 1. The first-order chi connectivity index (χ1) is 6.83. The van der Waals surface area contributed by atoms with E-state index < -0.39 is 5.97 Å². The maximum Gasteiger partial charge on any atom is 0.333 e. The second-order valence-corrected chi connectivity index (χ2v) is 2.41. The second-order valence-electron chi connectivity index (χ2n) is 2.41. The van der Waals surface area contributed by atoms with E-state index in [0.29, 0.717) is 6.61 Å². The van der Waals surface area contributed by atoms with Gasteiger partial charge in [0.15, 0.2) is 13.1 Å². The van der Waals surface area contributed by atoms with Crippen molar-refractivity contribution in [3.63, 3.8) is 0 Å². The van der Waals surface area contributed by atoms with Gasteiger partial charge in [0.05, 0.1) is 18.9 Å². The Labute approximate surface area is 81.0 Å². The summed E-state index contributed by atoms with van der Waals surface area (Å²) in [5, 5.41) is 8.33. The summed E-state index contributed by atoms with van der Waals surface area (Å²) in [4.78, 5) is 10.7. The molecule has 1 aliphatic rings. The highest BCUT2D eigenvalue weighted by atomic mass is 16.8. The summed E-state index contributed by atoms with van der Waals surface area (Å²) in [5.74, 6) is -0.568. The molecule has 14 heavy (non-hydrogen) atoms. The average molecular weight is 204 g/mol. The molecule has 0 spiro atoms. The predicted octanol–water partition coefficient (Wildman–Crippen LogP) is -0.617. The van der Waals surface area contributed by atoms with E-state index in [9.17, 15) is 4.79 Å². The van der Waals surface area contributed by atoms with E-state index in [1.54, 1.807) is 0 Å². The molecule has 0 aromatic carbocycles. The minimum absolute atomic E-state index is 0.0183. The molecule has 80 valence electrons. The number of ether oxygens (including phenoxy) is 4. The Morgan fingerprint density at radius 1 is 1.64 bits per heavy atom. The molecule has 6 nitrogen and oxygen atoms in total. The van der Waals surface area contributed by atoms with Crippen LogP contribution in [0.25, 0.3) is 0 Å². The highest BCUT2D eigenvalue weighted by Crippen LogP contribution is 2.09. The number of aliphatic hydroxyl groups excluding tert-OH is 1. The number of rotatable bonds is 7. The van der Waals surface area contributed by atoms with Crippen LogP contribution in [0.5, 0.6) is 0 Å². The third-order valence-corrected chi connectivity index (χ3v) is 1.26. The fourth-order valence-corrected chi connectivity index (χ4v) is 0.588. The lowest BCUT2D eigenvalue weighted by Crippen LogP contribution is -2.05. The Balaban J connectivity index is 1.92. The largest absolute Gasteiger partial charge is 0.475 e. The number of aliphatic hydroxyl groups is 1. The molecule has 0 amide bonds. The van der Waals surface area contributed by atoms with Gasteiger partial charge >= 0.3 is 5.97 Å². The van der Waals surface area contributed by atoms with Crippen molar-refractivity contribution in [1.82, 2.24) is 0 Å². The molecule has 1 heterocycles. The van der Waals surface area contributed by atoms with Crippen molar-refractivity contribution < 1.29 is 28.8 Å². The molecule has 1 rings (SSSR count). The molecule has 0 saturated carbocycles. The van der Waals surface area contributed by atoms with Gasteiger partial charge in [-0.3, -0.25) is 0 Å². The molecule has 1 N–H and O–H groups in total. The van der Waals surface area contributed by atoms with Gasteiger partial charge in [0, 0.05) is 0 Å². The quantitative estimate of drug-likeness (QED) is 0.149. The van der Waals surface area contributed by atoms with Gasteiger partial charge in [-0.05, 0) is 0 Å². The summed E-state index contributed by atoms with van der Waals surface area (Å²) in [6.07, 6.45) is 2.11. The van der Waals surface area contributed by atoms with Gasteiger partial charge < -0.3 is 24.1 Å². The zero-order valence-corrected chi connectivity index (χ0v) is 7.55. The number of carbonyl (C=O) groups excluding carboxylic acids is 1. The van der Waals surface area contributed by atoms with Gasteiger partial charge in [-0.2, -0.15) is 0 Å². The first kappa shape index (κ1) is 11.0. The van der Waals surface area contributed by atoms with Crippen molar-refractivity contribution in [3.8, 4) is 0 Å². The fraction of sp³-hybridized carbons (Fsp3) is 0.625. The van der Waals surface area contributed by atoms with Gasteiger partial charge in [0.2, 0.25) is 0 Å². The molecule has 1 unspecified atom stereocenters. The third-order valence-electron chi connectivity index (χ3n) is 1.26. The van der Waals surface area contributed by atoms with Crippen LogP contribution in [0.15, 0.2) is 12.3 Å². The molecule has 0 bridgehead atoms. The first-order valence-electron chi connectivity index (χ1n) is 4.12. The van der Waals surface area contributed by atoms with Crippen molar-refractivity contribution in [2.75, 3.05) is 26.6 Å². The second kappa shape index (κ2) is 6.36. The van der Waals surface area contributed by atoms with Crippen LogP contribution in [0.4, 0.5) is 0 Å². The van der Waals surface area contributed by atoms with Gasteiger partial charge in [0.1, 0.15) is 13.2 Å². The van der Waals surface area contributed by atoms with Crippen molar-refractivity contribution in [3.05, 3.63) is 12.3 Å². The van der Waals surface area contributed by atoms with E-state index in [2.05, 4.69) is 4.74 Å². The van der Waals surface area contributed by atoms with E-state index in [1.807, 2.05) is 0 Å². The van der Waals surface area contributed by atoms with Crippen LogP contribution in [-0.4, -0.2) is 44.0 Å². The third kappa shape index (κ3) is 5.52. The van der Waals surface area contributed by atoms with Crippen LogP contribution in [0.2, 0.25) is 0 Å². The molecule has 0 aromatic heterocycles. The summed E-state index contributed by atoms with van der Waals surface area (Å²) in [7, 11) is 0. The molecule has 0 aromatic rings. The average Bonchev–Trinajstić information content (AvgIpc) is 2.98. The minimum Gasteiger partial charge on any atom is -0.475 e. The van der Waals surface area contributed by atoms with Crippen LogP contribution in [-0.2, 0) is 23.7 Å². The normalized spacial score (nSPS) is 19.6. The lowest BCUT2D eigenvalue weighted by atomic mass is 10.6. The smallest absolute Gasteiger partial charge is 0.333 e. The maximum absolute atomic E-state index is 10.7. The van der Waals surface area contributed by atoms with Crippen molar-refractivity contribution in [2.24, 2.45) is 0 Å². The van der Waals surface area contributed by atoms with Gasteiger partial charge in [-0.25, -0.2) is 4.79 Å². The lowest BCUT2D eigenvalue weighted by molar-refractivity contribution is -0.138. The van der Waals surface area contributed by atoms with E-state index in [4.69, 9.17) is 19.3 Å². The monoisotopic (exact) mass is 204 g/mol. The Morgan fingerprint density at radius 2 is 2.43 bits per heavy atom. The lowest BCUT2D eigenvalue weighted by Gasteiger charge is -1.99. The Bertz CT molecular complexity index is 198. The molecule has 6 heteroatoms. The SMILES string of the molecule is O=C(/C=C\OCOC1CO1)OCCO. The minimum atomic E-state index is -0.568. The van der Waals surface area contributed by atoms with Crippen molar-refractivity contribution in [1.29, 1.82) is 0 Å². The zero-order chi connectivity index (χ0) is 10.2. The highest BCUT2D eigenvalue weighted by Gasteiger charge is 2.22. The number of hydrogen-bond acceptors (Lipinski definition) is 6. The summed E-state index contributed by atoms with van der Waals surface area (Å²) in [5.41, 5.74) is 0. The van der Waals surface area contributed by atoms with Crippen molar-refractivity contribution >= 4 is 5.97 Å². The summed E-state index contributed by atoms with van der Waals surface area (Å²) < 4.78 is 19.0. The van der Waals surface area contributed by atoms with E-state index in [0.717, 1.165) is 6.08 Å². The molecule has 1 aliphatic heterocycles. The van der Waals surface area contributed by atoms with Gasteiger partial charge in [-0.1, -0.05) is 0 Å². The Kier molecular flexibility index (Phi) is 4.98. The zero-order valence-electron chi connectivity index (χ0n) is 7.55. The number of epoxide rings is 1. The predicted molar refractivity (Wildman–Crippen MR) is 44.0 cm³/mol. The standard InChI is InChI=1S/C8H12O6/c9-2-4-12-7(10)1-3-11-6-14-8-5-13-8/h1,3,8-9H,2,4-6H2/b3-1-. The molecule has 1 saturated heterocycles. The van der Waals surface area contributed by atoms with Crippen LogP contribution in [0.1, 0.15) is 0 Å². The van der Waals surface area contributed by atoms with E-state index >= 15 is 0 Å². The van der Waals surface area contributed by atoms with Crippen molar-refractivity contribution in [2.45, 2.75) is 6.29 Å². The van der Waals surface area contributed by atoms with Crippen LogP contribution < -0.4 is 0 Å². The van der Waals surface area contributed by atoms with E-state index in [-0.39, 0.29) is 26.3 Å². The van der Waals surface area contributed by atoms with Gasteiger partial charge in [-0.15, -0.1) is 0 Å². The molecule has 1 fully saturated rings. The van der Waals surface area contributed by atoms with Crippen LogP contribution in [0.3, 0.4) is 0 Å². The molecular formula is C8H12O6. The fourth-order valence-electron chi connectivity index (χ4n) is 0.588.